The molecule has 3 aromatic rings. The fourth-order valence-electron chi connectivity index (χ4n) is 3.00. The van der Waals surface area contributed by atoms with E-state index >= 15 is 0 Å². The van der Waals surface area contributed by atoms with Crippen molar-refractivity contribution in [2.75, 3.05) is 26.3 Å². The molecule has 4 rings (SSSR count). The molecule has 0 saturated carbocycles. The van der Waals surface area contributed by atoms with E-state index in [1.54, 1.807) is 30.3 Å². The highest BCUT2D eigenvalue weighted by Gasteiger charge is 2.27. The Labute approximate surface area is 168 Å². The summed E-state index contributed by atoms with van der Waals surface area (Å²) in [6.07, 6.45) is 0. The van der Waals surface area contributed by atoms with Crippen molar-refractivity contribution in [3.05, 3.63) is 53.1 Å². The van der Waals surface area contributed by atoms with Gasteiger partial charge < -0.3 is 9.15 Å². The highest BCUT2D eigenvalue weighted by Crippen LogP contribution is 2.31. The van der Waals surface area contributed by atoms with Gasteiger partial charge in [-0.3, -0.25) is 0 Å². The van der Waals surface area contributed by atoms with Gasteiger partial charge in [-0.2, -0.15) is 4.31 Å². The van der Waals surface area contributed by atoms with Crippen LogP contribution in [-0.2, 0) is 14.8 Å². The maximum Gasteiger partial charge on any atom is 0.249 e. The fourth-order valence-corrected chi connectivity index (χ4v) is 4.65. The topological polar surface area (TPSA) is 85.5 Å². The molecule has 0 radical (unpaired) electrons. The van der Waals surface area contributed by atoms with Crippen molar-refractivity contribution in [1.82, 2.24) is 14.5 Å². The van der Waals surface area contributed by atoms with Gasteiger partial charge >= 0.3 is 0 Å². The number of hydrogen-bond donors (Lipinski definition) is 0. The summed E-state index contributed by atoms with van der Waals surface area (Å²) in [5, 5.41) is 8.66. The summed E-state index contributed by atoms with van der Waals surface area (Å²) < 4.78 is 38.3. The van der Waals surface area contributed by atoms with Crippen molar-refractivity contribution in [3.63, 3.8) is 0 Å². The molecular formula is C19H18ClN3O4S. The second-order valence-electron chi connectivity index (χ2n) is 6.39. The van der Waals surface area contributed by atoms with E-state index in [-0.39, 0.29) is 16.7 Å². The lowest BCUT2D eigenvalue weighted by Crippen LogP contribution is -2.40. The molecule has 1 saturated heterocycles. The lowest BCUT2D eigenvalue weighted by Gasteiger charge is -2.26. The summed E-state index contributed by atoms with van der Waals surface area (Å²) in [4.78, 5) is 0.187. The van der Waals surface area contributed by atoms with Crippen LogP contribution in [-0.4, -0.2) is 49.2 Å². The zero-order valence-corrected chi connectivity index (χ0v) is 16.7. The number of benzene rings is 2. The molecule has 0 bridgehead atoms. The zero-order chi connectivity index (χ0) is 19.7. The van der Waals surface area contributed by atoms with Crippen molar-refractivity contribution >= 4 is 21.6 Å². The Morgan fingerprint density at radius 1 is 1.00 bits per heavy atom. The number of ether oxygens (including phenoxy) is 1. The normalized spacial score (nSPS) is 15.6. The Morgan fingerprint density at radius 3 is 2.39 bits per heavy atom. The Kier molecular flexibility index (Phi) is 5.20. The lowest BCUT2D eigenvalue weighted by molar-refractivity contribution is 0.0730. The van der Waals surface area contributed by atoms with Crippen LogP contribution in [0.1, 0.15) is 5.56 Å². The highest BCUT2D eigenvalue weighted by molar-refractivity contribution is 7.89. The molecule has 0 amide bonds. The predicted octanol–water partition coefficient (Wildman–Crippen LogP) is 3.39. The van der Waals surface area contributed by atoms with Crippen molar-refractivity contribution in [1.29, 1.82) is 0 Å². The third kappa shape index (κ3) is 3.56. The van der Waals surface area contributed by atoms with Gasteiger partial charge in [0.1, 0.15) is 0 Å². The second-order valence-corrected chi connectivity index (χ2v) is 8.73. The highest BCUT2D eigenvalue weighted by atomic mass is 35.5. The number of aromatic nitrogens is 2. The lowest BCUT2D eigenvalue weighted by atomic mass is 10.1. The predicted molar refractivity (Wildman–Crippen MR) is 104 cm³/mol. The van der Waals surface area contributed by atoms with Crippen molar-refractivity contribution < 1.29 is 17.6 Å². The molecule has 1 aliphatic rings. The standard InChI is InChI=1S/C19H18ClN3O4S/c1-13-6-7-14(28(24,25)23-8-10-26-11-9-23)12-16(13)19-22-21-18(27-19)15-4-2-3-5-17(15)20/h2-7,12H,8-11H2,1H3. The third-order valence-electron chi connectivity index (χ3n) is 4.58. The quantitative estimate of drug-likeness (QED) is 0.644. The Bertz CT molecular complexity index is 1110. The first-order chi connectivity index (χ1) is 13.5. The number of sulfonamides is 1. The molecule has 1 aromatic heterocycles. The van der Waals surface area contributed by atoms with E-state index in [9.17, 15) is 8.42 Å². The summed E-state index contributed by atoms with van der Waals surface area (Å²) in [5.74, 6) is 0.521. The van der Waals surface area contributed by atoms with Crippen LogP contribution in [0.3, 0.4) is 0 Å². The Balaban J connectivity index is 1.72. The molecule has 28 heavy (non-hydrogen) atoms. The zero-order valence-electron chi connectivity index (χ0n) is 15.1. The Hall–Kier alpha value is -2.26. The molecule has 1 aliphatic heterocycles. The van der Waals surface area contributed by atoms with E-state index in [0.717, 1.165) is 5.56 Å². The van der Waals surface area contributed by atoms with E-state index in [1.807, 2.05) is 19.1 Å². The van der Waals surface area contributed by atoms with Crippen molar-refractivity contribution in [2.45, 2.75) is 11.8 Å². The molecule has 2 aromatic carbocycles. The summed E-state index contributed by atoms with van der Waals surface area (Å²) in [6.45, 7) is 3.32. The average molecular weight is 420 g/mol. The number of aryl methyl sites for hydroxylation is 1. The summed E-state index contributed by atoms with van der Waals surface area (Å²) in [7, 11) is -3.62. The summed E-state index contributed by atoms with van der Waals surface area (Å²) >= 11 is 6.19. The van der Waals surface area contributed by atoms with Gasteiger partial charge in [0, 0.05) is 18.7 Å². The summed E-state index contributed by atoms with van der Waals surface area (Å²) in [6, 6.07) is 12.1. The van der Waals surface area contributed by atoms with Gasteiger partial charge in [0.15, 0.2) is 0 Å². The fraction of sp³-hybridized carbons (Fsp3) is 0.263. The average Bonchev–Trinajstić information content (AvgIpc) is 3.19. The molecule has 0 spiro atoms. The van der Waals surface area contributed by atoms with E-state index in [0.29, 0.717) is 42.5 Å². The van der Waals surface area contributed by atoms with E-state index in [1.165, 1.54) is 4.31 Å². The number of nitrogens with zero attached hydrogens (tertiary/aromatic N) is 3. The van der Waals surface area contributed by atoms with E-state index < -0.39 is 10.0 Å². The number of halogens is 1. The van der Waals surface area contributed by atoms with Gasteiger partial charge in [-0.05, 0) is 36.8 Å². The molecule has 0 unspecified atom stereocenters. The summed E-state index contributed by atoms with van der Waals surface area (Å²) in [5.41, 5.74) is 2.02. The van der Waals surface area contributed by atoms with Crippen LogP contribution in [0.5, 0.6) is 0 Å². The Morgan fingerprint density at radius 2 is 1.68 bits per heavy atom. The van der Waals surface area contributed by atoms with Gasteiger partial charge in [0.25, 0.3) is 0 Å². The van der Waals surface area contributed by atoms with Crippen LogP contribution >= 0.6 is 11.6 Å². The van der Waals surface area contributed by atoms with Crippen LogP contribution in [0.25, 0.3) is 22.9 Å². The van der Waals surface area contributed by atoms with Gasteiger partial charge in [-0.25, -0.2) is 8.42 Å². The SMILES string of the molecule is Cc1ccc(S(=O)(=O)N2CCOCC2)cc1-c1nnc(-c2ccccc2Cl)o1. The number of morpholine rings is 1. The van der Waals surface area contributed by atoms with Crippen LogP contribution in [0, 0.1) is 6.92 Å². The third-order valence-corrected chi connectivity index (χ3v) is 6.80. The molecule has 0 N–H and O–H groups in total. The molecule has 9 heteroatoms. The first-order valence-electron chi connectivity index (χ1n) is 8.74. The van der Waals surface area contributed by atoms with Gasteiger partial charge in [0.2, 0.25) is 21.8 Å². The van der Waals surface area contributed by atoms with Gasteiger partial charge in [0.05, 0.1) is 28.7 Å². The second kappa shape index (κ2) is 7.63. The van der Waals surface area contributed by atoms with E-state index in [4.69, 9.17) is 20.8 Å². The first kappa shape index (κ1) is 19.1. The van der Waals surface area contributed by atoms with Gasteiger partial charge in [-0.1, -0.05) is 29.8 Å². The molecule has 7 nitrogen and oxygen atoms in total. The largest absolute Gasteiger partial charge is 0.416 e. The van der Waals surface area contributed by atoms with Gasteiger partial charge in [-0.15, -0.1) is 10.2 Å². The monoisotopic (exact) mass is 419 g/mol. The van der Waals surface area contributed by atoms with Crippen LogP contribution < -0.4 is 0 Å². The van der Waals surface area contributed by atoms with Crippen molar-refractivity contribution in [3.8, 4) is 22.9 Å². The van der Waals surface area contributed by atoms with Crippen LogP contribution in [0.4, 0.5) is 0 Å². The number of hydrogen-bond acceptors (Lipinski definition) is 6. The smallest absolute Gasteiger partial charge is 0.249 e. The molecule has 1 fully saturated rings. The van der Waals surface area contributed by atoms with E-state index in [2.05, 4.69) is 10.2 Å². The molecule has 146 valence electrons. The van der Waals surface area contributed by atoms with Crippen LogP contribution in [0.15, 0.2) is 51.8 Å². The minimum atomic E-state index is -3.62. The van der Waals surface area contributed by atoms with Crippen LogP contribution in [0.2, 0.25) is 5.02 Å². The van der Waals surface area contributed by atoms with Crippen molar-refractivity contribution in [2.24, 2.45) is 0 Å². The minimum absolute atomic E-state index is 0.187. The molecular weight excluding hydrogens is 402 g/mol. The molecule has 0 atom stereocenters. The maximum absolute atomic E-state index is 12.9. The molecule has 0 aliphatic carbocycles. The first-order valence-corrected chi connectivity index (χ1v) is 10.6. The molecule has 2 heterocycles. The number of rotatable bonds is 4. The minimum Gasteiger partial charge on any atom is -0.416 e. The maximum atomic E-state index is 12.9.